The Bertz CT molecular complexity index is 1000. The maximum Gasteiger partial charge on any atom is 0.488 e. The van der Waals surface area contributed by atoms with Crippen molar-refractivity contribution in [3.63, 3.8) is 0 Å². The van der Waals surface area contributed by atoms with Crippen LogP contribution in [0.25, 0.3) is 11.2 Å². The molecule has 3 rings (SSSR count). The maximum absolute atomic E-state index is 11.4. The second kappa shape index (κ2) is 7.91. The molecule has 1 aliphatic rings. The van der Waals surface area contributed by atoms with Crippen LogP contribution < -0.4 is 11.9 Å². The SMILES string of the molecule is N.Nc1ncnc2c1ncn2[C@@H]1O[C@H](COP(=O)(O)OS(=O)(=O)O)[C@@H](O)[C@H]1O. The van der Waals surface area contributed by atoms with Gasteiger partial charge in [0.05, 0.1) is 12.9 Å². The summed E-state index contributed by atoms with van der Waals surface area (Å²) in [5.41, 5.74) is 6.08. The number of hydrogen-bond donors (Lipinski definition) is 6. The molecule has 0 aromatic carbocycles. The number of aliphatic hydroxyl groups excluding tert-OH is 2. The standard InChI is InChI=1S/C10H14N5O10PS.H3N/c11-8-5-9(13-2-12-8)15(3-14-5)10-7(17)6(16)4(24-10)1-23-26(18,19)25-27(20,21)22;/h2-4,6-7,10,16-17H,1H2,(H,18,19)(H2,11,12,13)(H,20,21,22);1H3/t4-,6-,7-,10-;/m1./s1. The first-order valence-corrected chi connectivity index (χ1v) is 9.95. The minimum absolute atomic E-state index is 0. The lowest BCUT2D eigenvalue weighted by atomic mass is 10.1. The van der Waals surface area contributed by atoms with Gasteiger partial charge in [0, 0.05) is 0 Å². The van der Waals surface area contributed by atoms with Gasteiger partial charge in [0.1, 0.15) is 30.2 Å². The number of rotatable bonds is 6. The molecule has 0 aliphatic carbocycles. The molecule has 1 aliphatic heterocycles. The van der Waals surface area contributed by atoms with Gasteiger partial charge in [-0.25, -0.2) is 19.5 Å². The summed E-state index contributed by atoms with van der Waals surface area (Å²) in [5.74, 6) is 0.0789. The quantitative estimate of drug-likeness (QED) is 0.210. The average Bonchev–Trinajstić information content (AvgIpc) is 3.07. The Morgan fingerprint density at radius 2 is 1.96 bits per heavy atom. The Morgan fingerprint density at radius 3 is 2.61 bits per heavy atom. The number of aliphatic hydroxyl groups is 2. The largest absolute Gasteiger partial charge is 0.488 e. The van der Waals surface area contributed by atoms with E-state index in [4.69, 9.17) is 15.0 Å². The lowest BCUT2D eigenvalue weighted by Gasteiger charge is -2.16. The number of hydrogen-bond acceptors (Lipinski definition) is 13. The molecule has 28 heavy (non-hydrogen) atoms. The van der Waals surface area contributed by atoms with Gasteiger partial charge >= 0.3 is 18.2 Å². The summed E-state index contributed by atoms with van der Waals surface area (Å²) in [6.45, 7) is -0.845. The van der Waals surface area contributed by atoms with Crippen LogP contribution in [0.5, 0.6) is 0 Å². The second-order valence-corrected chi connectivity index (χ2v) is 8.04. The summed E-state index contributed by atoms with van der Waals surface area (Å²) in [4.78, 5) is 20.9. The van der Waals surface area contributed by atoms with E-state index in [0.29, 0.717) is 0 Å². The third-order valence-electron chi connectivity index (χ3n) is 3.59. The molecule has 0 radical (unpaired) electrons. The van der Waals surface area contributed by atoms with Crippen molar-refractivity contribution in [2.75, 3.05) is 12.3 Å². The smallest absolute Gasteiger partial charge is 0.387 e. The van der Waals surface area contributed by atoms with E-state index in [1.807, 2.05) is 0 Å². The predicted octanol–water partition coefficient (Wildman–Crippen LogP) is -1.87. The van der Waals surface area contributed by atoms with Crippen molar-refractivity contribution in [2.24, 2.45) is 0 Å². The average molecular weight is 444 g/mol. The molecule has 0 bridgehead atoms. The van der Waals surface area contributed by atoms with Crippen LogP contribution in [0.4, 0.5) is 5.82 Å². The fraction of sp³-hybridized carbons (Fsp3) is 0.500. The van der Waals surface area contributed by atoms with Crippen LogP contribution in [-0.4, -0.2) is 72.5 Å². The minimum atomic E-state index is -5.26. The van der Waals surface area contributed by atoms with Crippen LogP contribution in [0.1, 0.15) is 6.23 Å². The number of ether oxygens (including phenoxy) is 1. The third-order valence-corrected chi connectivity index (χ3v) is 5.57. The number of nitrogens with two attached hydrogens (primary N) is 1. The highest BCUT2D eigenvalue weighted by Crippen LogP contribution is 2.45. The van der Waals surface area contributed by atoms with Gasteiger partial charge in [-0.05, 0) is 0 Å². The molecule has 1 fully saturated rings. The predicted molar refractivity (Wildman–Crippen MR) is 89.1 cm³/mol. The number of anilines is 1. The van der Waals surface area contributed by atoms with Gasteiger partial charge in [-0.1, -0.05) is 0 Å². The first-order chi connectivity index (χ1) is 12.5. The molecule has 3 heterocycles. The van der Waals surface area contributed by atoms with E-state index in [-0.39, 0.29) is 23.1 Å². The Morgan fingerprint density at radius 1 is 1.29 bits per heavy atom. The Balaban J connectivity index is 0.00000280. The molecule has 5 atom stereocenters. The molecule has 158 valence electrons. The molecular weight excluding hydrogens is 427 g/mol. The molecule has 2 aromatic heterocycles. The zero-order valence-electron chi connectivity index (χ0n) is 13.8. The van der Waals surface area contributed by atoms with Crippen LogP contribution in [-0.2, 0) is 28.2 Å². The zero-order valence-corrected chi connectivity index (χ0v) is 15.5. The summed E-state index contributed by atoms with van der Waals surface area (Å²) in [5, 5.41) is 20.2. The van der Waals surface area contributed by atoms with Crippen molar-refractivity contribution >= 4 is 35.2 Å². The molecule has 0 spiro atoms. The Labute approximate surface area is 157 Å². The molecule has 2 aromatic rings. The van der Waals surface area contributed by atoms with Crippen molar-refractivity contribution in [1.29, 1.82) is 0 Å². The monoisotopic (exact) mass is 444 g/mol. The van der Waals surface area contributed by atoms with Gasteiger partial charge in [0.15, 0.2) is 17.7 Å². The normalized spacial score (nSPS) is 27.4. The van der Waals surface area contributed by atoms with E-state index in [9.17, 15) is 28.1 Å². The molecule has 1 saturated heterocycles. The molecule has 0 saturated carbocycles. The van der Waals surface area contributed by atoms with Crippen LogP contribution in [0.3, 0.4) is 0 Å². The van der Waals surface area contributed by atoms with E-state index in [0.717, 1.165) is 6.33 Å². The van der Waals surface area contributed by atoms with E-state index < -0.39 is 49.4 Å². The van der Waals surface area contributed by atoms with Crippen molar-refractivity contribution in [1.82, 2.24) is 25.7 Å². The number of nitrogen functional groups attached to an aromatic ring is 1. The van der Waals surface area contributed by atoms with Crippen LogP contribution in [0.2, 0.25) is 0 Å². The van der Waals surface area contributed by atoms with E-state index >= 15 is 0 Å². The maximum atomic E-state index is 11.4. The molecule has 0 amide bonds. The van der Waals surface area contributed by atoms with Gasteiger partial charge in [-0.3, -0.25) is 13.6 Å². The molecule has 16 nitrogen and oxygen atoms in total. The van der Waals surface area contributed by atoms with Gasteiger partial charge in [0.2, 0.25) is 0 Å². The fourth-order valence-electron chi connectivity index (χ4n) is 2.46. The van der Waals surface area contributed by atoms with Gasteiger partial charge < -0.3 is 31.7 Å². The number of nitrogens with zero attached hydrogens (tertiary/aromatic N) is 4. The lowest BCUT2D eigenvalue weighted by Crippen LogP contribution is -2.33. The van der Waals surface area contributed by atoms with Crippen molar-refractivity contribution in [3.05, 3.63) is 12.7 Å². The fourth-order valence-corrected chi connectivity index (χ4v) is 3.92. The summed E-state index contributed by atoms with van der Waals surface area (Å²) < 4.78 is 55.3. The first-order valence-electron chi connectivity index (χ1n) is 7.09. The number of fused-ring (bicyclic) bond motifs is 1. The summed E-state index contributed by atoms with van der Waals surface area (Å²) in [6.07, 6.45) is -3.29. The molecule has 18 heteroatoms. The highest BCUT2D eigenvalue weighted by Gasteiger charge is 2.45. The Hall–Kier alpha value is -1.79. The summed E-state index contributed by atoms with van der Waals surface area (Å²) in [6, 6.07) is 0. The second-order valence-electron chi connectivity index (χ2n) is 5.40. The Kier molecular flexibility index (Phi) is 6.36. The van der Waals surface area contributed by atoms with Crippen LogP contribution in [0.15, 0.2) is 12.7 Å². The van der Waals surface area contributed by atoms with Gasteiger partial charge in [-0.2, -0.15) is 8.42 Å². The highest BCUT2D eigenvalue weighted by atomic mass is 32.3. The number of imidazole rings is 1. The van der Waals surface area contributed by atoms with Crippen molar-refractivity contribution < 1.29 is 45.9 Å². The summed E-state index contributed by atoms with van der Waals surface area (Å²) in [7, 11) is -10.5. The third kappa shape index (κ3) is 4.61. The van der Waals surface area contributed by atoms with Crippen molar-refractivity contribution in [2.45, 2.75) is 24.5 Å². The number of aromatic nitrogens is 4. The zero-order chi connectivity index (χ0) is 20.0. The number of phosphoric acid groups is 1. The molecular formula is C10H17N6O10PS. The van der Waals surface area contributed by atoms with E-state index in [1.54, 1.807) is 0 Å². The van der Waals surface area contributed by atoms with E-state index in [1.165, 1.54) is 10.9 Å². The van der Waals surface area contributed by atoms with E-state index in [2.05, 4.69) is 23.4 Å². The minimum Gasteiger partial charge on any atom is -0.387 e. The van der Waals surface area contributed by atoms with Crippen LogP contribution >= 0.6 is 7.82 Å². The highest BCUT2D eigenvalue weighted by molar-refractivity contribution is 7.85. The van der Waals surface area contributed by atoms with Gasteiger partial charge in [0.25, 0.3) is 0 Å². The molecule has 1 unspecified atom stereocenters. The van der Waals surface area contributed by atoms with Crippen LogP contribution in [0, 0.1) is 0 Å². The van der Waals surface area contributed by atoms with Gasteiger partial charge in [-0.15, -0.1) is 3.97 Å². The first kappa shape index (κ1) is 22.5. The summed E-state index contributed by atoms with van der Waals surface area (Å²) >= 11 is 0. The topological polar surface area (TPSA) is 264 Å². The van der Waals surface area contributed by atoms with Crippen molar-refractivity contribution in [3.8, 4) is 0 Å². The molecule has 9 N–H and O–H groups in total. The number of phosphoric ester groups is 1. The lowest BCUT2D eigenvalue weighted by molar-refractivity contribution is -0.0501.